The molecule has 0 spiro atoms. The number of aliphatic imine (C=N–C) groups is 2. The predicted molar refractivity (Wildman–Crippen MR) is 193 cm³/mol. The molecule has 8 rings (SSSR count). The van der Waals surface area contributed by atoms with E-state index in [4.69, 9.17) is 18.9 Å². The molecular formula is C38H44F2N6O4. The monoisotopic (exact) mass is 686 g/mol. The summed E-state index contributed by atoms with van der Waals surface area (Å²) in [6.45, 7) is 5.86. The van der Waals surface area contributed by atoms with Crippen LogP contribution in [0, 0.1) is 0 Å². The number of nitrogens with zero attached hydrogens (tertiary/aromatic N) is 6. The Kier molecular flexibility index (Phi) is 12.5. The molecule has 6 heterocycles. The Morgan fingerprint density at radius 2 is 1.00 bits per heavy atom. The summed E-state index contributed by atoms with van der Waals surface area (Å²) in [5.74, 6) is 2.91. The normalized spacial score (nSPS) is 16.0. The van der Waals surface area contributed by atoms with Crippen LogP contribution < -0.4 is 19.3 Å². The third kappa shape index (κ3) is 8.09. The maximum Gasteiger partial charge on any atom is 0.228 e. The first-order valence-corrected chi connectivity index (χ1v) is 16.0. The Balaban J connectivity index is 0.000000187. The molecule has 12 heteroatoms. The van der Waals surface area contributed by atoms with Crippen LogP contribution in [-0.2, 0) is 22.6 Å². The fraction of sp³-hybridized carbons (Fsp3) is 0.368. The summed E-state index contributed by atoms with van der Waals surface area (Å²) < 4.78 is 45.6. The van der Waals surface area contributed by atoms with Crippen molar-refractivity contribution in [3.8, 4) is 11.5 Å². The van der Waals surface area contributed by atoms with Gasteiger partial charge in [0.1, 0.15) is 23.1 Å². The van der Waals surface area contributed by atoms with E-state index in [1.54, 1.807) is 12.1 Å². The van der Waals surface area contributed by atoms with Gasteiger partial charge in [0, 0.05) is 60.8 Å². The molecule has 2 aromatic heterocycles. The Bertz CT molecular complexity index is 1680. The van der Waals surface area contributed by atoms with Gasteiger partial charge in [-0.25, -0.2) is 18.7 Å². The summed E-state index contributed by atoms with van der Waals surface area (Å²) in [5, 5.41) is 0. The van der Waals surface area contributed by atoms with Gasteiger partial charge >= 0.3 is 0 Å². The van der Waals surface area contributed by atoms with E-state index in [0.29, 0.717) is 24.6 Å². The molecular weight excluding hydrogens is 642 g/mol. The molecule has 0 amide bonds. The van der Waals surface area contributed by atoms with Crippen LogP contribution in [0.4, 0.5) is 20.4 Å². The smallest absolute Gasteiger partial charge is 0.228 e. The van der Waals surface area contributed by atoms with E-state index in [-0.39, 0.29) is 14.9 Å². The van der Waals surface area contributed by atoms with E-state index >= 15 is 0 Å². The van der Waals surface area contributed by atoms with E-state index in [1.165, 1.54) is 0 Å². The second-order valence-electron chi connectivity index (χ2n) is 11.5. The van der Waals surface area contributed by atoms with Gasteiger partial charge in [-0.2, -0.15) is 0 Å². The number of alkyl halides is 2. The van der Waals surface area contributed by atoms with Gasteiger partial charge in [-0.15, -0.1) is 0 Å². The third-order valence-corrected chi connectivity index (χ3v) is 8.64. The van der Waals surface area contributed by atoms with E-state index in [9.17, 15) is 8.78 Å². The van der Waals surface area contributed by atoms with Gasteiger partial charge in [-0.1, -0.05) is 27.0 Å². The number of halogens is 2. The Labute approximate surface area is 292 Å². The number of pyridine rings is 2. The first kappa shape index (κ1) is 36.3. The third-order valence-electron chi connectivity index (χ3n) is 8.64. The minimum absolute atomic E-state index is 0. The van der Waals surface area contributed by atoms with Crippen LogP contribution in [-0.4, -0.2) is 87.7 Å². The Morgan fingerprint density at radius 3 is 1.40 bits per heavy atom. The number of morpholine rings is 2. The number of aromatic nitrogens is 2. The molecule has 50 heavy (non-hydrogen) atoms. The number of rotatable bonds is 8. The minimum Gasteiger partial charge on any atom is -0.463 e. The molecule has 10 nitrogen and oxygen atoms in total. The summed E-state index contributed by atoms with van der Waals surface area (Å²) in [6, 6.07) is 19.2. The zero-order valence-corrected chi connectivity index (χ0v) is 26.5. The zero-order chi connectivity index (χ0) is 32.7. The summed E-state index contributed by atoms with van der Waals surface area (Å²) in [6.07, 6.45) is 3.62. The largest absolute Gasteiger partial charge is 0.463 e. The fourth-order valence-corrected chi connectivity index (χ4v) is 6.19. The zero-order valence-electron chi connectivity index (χ0n) is 26.5. The highest BCUT2D eigenvalue weighted by atomic mass is 19.1. The van der Waals surface area contributed by atoms with Crippen molar-refractivity contribution in [2.24, 2.45) is 9.98 Å². The van der Waals surface area contributed by atoms with Crippen molar-refractivity contribution in [2.75, 3.05) is 76.1 Å². The van der Waals surface area contributed by atoms with Crippen molar-refractivity contribution in [1.29, 1.82) is 0 Å². The average Bonchev–Trinajstić information content (AvgIpc) is 3.77. The van der Waals surface area contributed by atoms with Crippen LogP contribution in [0.25, 0.3) is 0 Å². The topological polar surface area (TPSA) is 93.9 Å². The molecule has 4 aliphatic heterocycles. The van der Waals surface area contributed by atoms with Crippen LogP contribution in [0.15, 0.2) is 83.0 Å². The summed E-state index contributed by atoms with van der Waals surface area (Å²) >= 11 is 0. The summed E-state index contributed by atoms with van der Waals surface area (Å²) in [7, 11) is 0. The lowest BCUT2D eigenvalue weighted by Crippen LogP contribution is -2.36. The molecule has 0 radical (unpaired) electrons. The second-order valence-corrected chi connectivity index (χ2v) is 11.5. The van der Waals surface area contributed by atoms with Crippen LogP contribution in [0.5, 0.6) is 11.5 Å². The summed E-state index contributed by atoms with van der Waals surface area (Å²) in [4.78, 5) is 22.7. The predicted octanol–water partition coefficient (Wildman–Crippen LogP) is 6.42. The SMILES string of the molecule is C.C.FCOc1ccc2c(c1)C(c1ccnc(N3CCOCC3)c1)=NC2.FCOc1ccc2c(c1)C(c1ccnc(N3CCOCC3)c1)=NC2. The highest BCUT2D eigenvalue weighted by molar-refractivity contribution is 6.16. The molecule has 0 unspecified atom stereocenters. The van der Waals surface area contributed by atoms with Crippen molar-refractivity contribution in [2.45, 2.75) is 27.9 Å². The Hall–Kier alpha value is -4.94. The molecule has 0 atom stereocenters. The molecule has 2 fully saturated rings. The number of benzene rings is 2. The maximum absolute atomic E-state index is 12.4. The van der Waals surface area contributed by atoms with Gasteiger partial charge in [0.2, 0.25) is 13.7 Å². The van der Waals surface area contributed by atoms with Gasteiger partial charge in [0.25, 0.3) is 0 Å². The lowest BCUT2D eigenvalue weighted by atomic mass is 10.0. The van der Waals surface area contributed by atoms with Gasteiger partial charge in [-0.3, -0.25) is 9.98 Å². The standard InChI is InChI=1S/2C18H18FN3O2.2CH4/c2*19-12-24-15-2-1-14-11-21-18(16(14)10-15)13-3-4-20-17(9-13)22-5-7-23-8-6-22;;/h2*1-4,9-10H,5-8,11-12H2;2*1H4. The fourth-order valence-electron chi connectivity index (χ4n) is 6.19. The number of anilines is 2. The first-order chi connectivity index (χ1) is 23.7. The molecule has 2 saturated heterocycles. The van der Waals surface area contributed by atoms with Gasteiger partial charge in [-0.05, 0) is 59.7 Å². The summed E-state index contributed by atoms with van der Waals surface area (Å²) in [5.41, 5.74) is 8.10. The van der Waals surface area contributed by atoms with Gasteiger partial charge < -0.3 is 28.7 Å². The van der Waals surface area contributed by atoms with Crippen molar-refractivity contribution in [3.05, 3.63) is 106 Å². The molecule has 264 valence electrons. The maximum atomic E-state index is 12.4. The first-order valence-electron chi connectivity index (χ1n) is 16.0. The lowest BCUT2D eigenvalue weighted by molar-refractivity contribution is 0.122. The van der Waals surface area contributed by atoms with E-state index < -0.39 is 13.7 Å². The number of fused-ring (bicyclic) bond motifs is 2. The lowest BCUT2D eigenvalue weighted by Gasteiger charge is -2.28. The van der Waals surface area contributed by atoms with E-state index in [0.717, 1.165) is 109 Å². The van der Waals surface area contributed by atoms with Crippen LogP contribution in [0.2, 0.25) is 0 Å². The molecule has 0 bridgehead atoms. The minimum atomic E-state index is -0.832. The second kappa shape index (κ2) is 17.1. The van der Waals surface area contributed by atoms with Crippen LogP contribution in [0.3, 0.4) is 0 Å². The van der Waals surface area contributed by atoms with Gasteiger partial charge in [0.05, 0.1) is 50.9 Å². The molecule has 0 aliphatic carbocycles. The number of hydrogen-bond acceptors (Lipinski definition) is 10. The number of hydrogen-bond donors (Lipinski definition) is 0. The Morgan fingerprint density at radius 1 is 0.580 bits per heavy atom. The van der Waals surface area contributed by atoms with Crippen LogP contribution in [0.1, 0.15) is 48.2 Å². The highest BCUT2D eigenvalue weighted by Gasteiger charge is 2.22. The van der Waals surface area contributed by atoms with Gasteiger partial charge in [0.15, 0.2) is 0 Å². The van der Waals surface area contributed by atoms with Crippen molar-refractivity contribution in [1.82, 2.24) is 9.97 Å². The quantitative estimate of drug-likeness (QED) is 0.210. The molecule has 4 aliphatic rings. The van der Waals surface area contributed by atoms with Crippen LogP contribution >= 0.6 is 0 Å². The molecule has 4 aromatic rings. The van der Waals surface area contributed by atoms with Crippen molar-refractivity contribution >= 4 is 23.1 Å². The molecule has 0 N–H and O–H groups in total. The molecule has 2 aromatic carbocycles. The van der Waals surface area contributed by atoms with E-state index in [1.807, 2.05) is 48.8 Å². The van der Waals surface area contributed by atoms with E-state index in [2.05, 4.69) is 41.9 Å². The van der Waals surface area contributed by atoms with Crippen molar-refractivity contribution in [3.63, 3.8) is 0 Å². The average molecular weight is 687 g/mol. The highest BCUT2D eigenvalue weighted by Crippen LogP contribution is 2.30. The van der Waals surface area contributed by atoms with Crippen molar-refractivity contribution < 1.29 is 27.7 Å². The molecule has 0 saturated carbocycles. The number of ether oxygens (including phenoxy) is 4.